The second-order valence-corrected chi connectivity index (χ2v) is 9.33. The molecule has 1 fully saturated rings. The average molecular weight is 447 g/mol. The number of rotatable bonds is 9. The molecule has 0 spiro atoms. The average Bonchev–Trinajstić information content (AvgIpc) is 3.32. The third-order valence-corrected chi connectivity index (χ3v) is 7.53. The molecule has 0 unspecified atom stereocenters. The number of benzene rings is 2. The van der Waals surface area contributed by atoms with Gasteiger partial charge in [-0.2, -0.15) is 4.31 Å². The topological polar surface area (TPSA) is 76.2 Å². The van der Waals surface area contributed by atoms with E-state index in [4.69, 9.17) is 9.47 Å². The van der Waals surface area contributed by atoms with Gasteiger partial charge in [0.15, 0.2) is 0 Å². The Morgan fingerprint density at radius 2 is 1.77 bits per heavy atom. The number of sulfonamides is 1. The lowest BCUT2D eigenvalue weighted by atomic mass is 10.1. The van der Waals surface area contributed by atoms with Crippen molar-refractivity contribution in [3.63, 3.8) is 0 Å². The molecule has 31 heavy (non-hydrogen) atoms. The summed E-state index contributed by atoms with van der Waals surface area (Å²) in [4.78, 5) is 15.3. The zero-order chi connectivity index (χ0) is 22.4. The van der Waals surface area contributed by atoms with Crippen LogP contribution in [0.25, 0.3) is 0 Å². The van der Waals surface area contributed by atoms with Gasteiger partial charge in [-0.25, -0.2) is 13.2 Å². The second-order valence-electron chi connectivity index (χ2n) is 7.39. The van der Waals surface area contributed by atoms with Gasteiger partial charge < -0.3 is 14.4 Å². The molecule has 0 aliphatic carbocycles. The SMILES string of the molecule is CCN(CC)S(=O)(=O)c1ccc(N2CCCC2)c(C(=O)OCc2cccc(OC)c2)c1. The number of methoxy groups -OCH3 is 1. The van der Waals surface area contributed by atoms with E-state index < -0.39 is 16.0 Å². The van der Waals surface area contributed by atoms with Crippen LogP contribution in [0.5, 0.6) is 5.75 Å². The van der Waals surface area contributed by atoms with Gasteiger partial charge in [0, 0.05) is 26.2 Å². The van der Waals surface area contributed by atoms with Crippen LogP contribution < -0.4 is 9.64 Å². The van der Waals surface area contributed by atoms with Crippen molar-refractivity contribution < 1.29 is 22.7 Å². The monoisotopic (exact) mass is 446 g/mol. The van der Waals surface area contributed by atoms with Crippen molar-refractivity contribution in [2.24, 2.45) is 0 Å². The van der Waals surface area contributed by atoms with Crippen molar-refractivity contribution in [2.75, 3.05) is 38.2 Å². The summed E-state index contributed by atoms with van der Waals surface area (Å²) in [6.45, 7) is 6.05. The van der Waals surface area contributed by atoms with Crippen LogP contribution in [0.1, 0.15) is 42.6 Å². The minimum atomic E-state index is -3.68. The molecule has 0 amide bonds. The van der Waals surface area contributed by atoms with Gasteiger partial charge in [0.05, 0.1) is 23.3 Å². The first-order chi connectivity index (χ1) is 14.9. The van der Waals surface area contributed by atoms with Gasteiger partial charge in [0.1, 0.15) is 12.4 Å². The number of ether oxygens (including phenoxy) is 2. The van der Waals surface area contributed by atoms with Crippen LogP contribution in [0.3, 0.4) is 0 Å². The quantitative estimate of drug-likeness (QED) is 0.547. The van der Waals surface area contributed by atoms with E-state index in [2.05, 4.69) is 4.90 Å². The molecule has 8 heteroatoms. The summed E-state index contributed by atoms with van der Waals surface area (Å²) < 4.78 is 38.2. The predicted molar refractivity (Wildman–Crippen MR) is 120 cm³/mol. The molecule has 0 aromatic heterocycles. The Kier molecular flexibility index (Phi) is 7.56. The number of carbonyl (C=O) groups excluding carboxylic acids is 1. The van der Waals surface area contributed by atoms with Crippen LogP contribution in [-0.4, -0.2) is 52.0 Å². The summed E-state index contributed by atoms with van der Waals surface area (Å²) in [5, 5.41) is 0. The van der Waals surface area contributed by atoms with Crippen LogP contribution in [0.4, 0.5) is 5.69 Å². The first kappa shape index (κ1) is 23.1. The molecule has 1 saturated heterocycles. The van der Waals surface area contributed by atoms with Crippen molar-refractivity contribution in [3.05, 3.63) is 53.6 Å². The lowest BCUT2D eigenvalue weighted by molar-refractivity contribution is 0.0473. The Balaban J connectivity index is 1.91. The van der Waals surface area contributed by atoms with E-state index >= 15 is 0 Å². The van der Waals surface area contributed by atoms with Crippen LogP contribution in [-0.2, 0) is 21.4 Å². The second kappa shape index (κ2) is 10.2. The normalized spacial score (nSPS) is 14.1. The summed E-state index contributed by atoms with van der Waals surface area (Å²) in [5.41, 5.74) is 1.78. The van der Waals surface area contributed by atoms with E-state index in [0.29, 0.717) is 24.5 Å². The number of nitrogens with zero attached hydrogens (tertiary/aromatic N) is 2. The Labute approximate surface area is 184 Å². The van der Waals surface area contributed by atoms with Gasteiger partial charge in [0.2, 0.25) is 10.0 Å². The van der Waals surface area contributed by atoms with Crippen LogP contribution in [0, 0.1) is 0 Å². The summed E-state index contributed by atoms with van der Waals surface area (Å²) in [7, 11) is -2.10. The van der Waals surface area contributed by atoms with Crippen LogP contribution >= 0.6 is 0 Å². The highest BCUT2D eigenvalue weighted by molar-refractivity contribution is 7.89. The standard InChI is InChI=1S/C23H30N2O5S/c1-4-25(5-2)31(27,28)20-11-12-22(24-13-6-7-14-24)21(16-20)23(26)30-17-18-9-8-10-19(15-18)29-3/h8-12,15-16H,4-7,13-14,17H2,1-3H3. The molecule has 0 N–H and O–H groups in total. The van der Waals surface area contributed by atoms with Crippen molar-refractivity contribution >= 4 is 21.7 Å². The molecule has 0 radical (unpaired) electrons. The zero-order valence-corrected chi connectivity index (χ0v) is 19.2. The van der Waals surface area contributed by atoms with Gasteiger partial charge in [0.25, 0.3) is 0 Å². The van der Waals surface area contributed by atoms with Gasteiger partial charge in [-0.15, -0.1) is 0 Å². The number of hydrogen-bond donors (Lipinski definition) is 0. The van der Waals surface area contributed by atoms with Gasteiger partial charge >= 0.3 is 5.97 Å². The molecular formula is C23H30N2O5S. The molecule has 7 nitrogen and oxygen atoms in total. The molecule has 168 valence electrons. The van der Waals surface area contributed by atoms with Crippen LogP contribution in [0.2, 0.25) is 0 Å². The third kappa shape index (κ3) is 5.19. The molecule has 1 aliphatic rings. The largest absolute Gasteiger partial charge is 0.497 e. The first-order valence-corrected chi connectivity index (χ1v) is 12.0. The maximum atomic E-state index is 13.0. The number of esters is 1. The fourth-order valence-corrected chi connectivity index (χ4v) is 5.26. The third-order valence-electron chi connectivity index (χ3n) is 5.48. The number of anilines is 1. The fraction of sp³-hybridized carbons (Fsp3) is 0.435. The summed E-state index contributed by atoms with van der Waals surface area (Å²) in [5.74, 6) is 0.139. The van der Waals surface area contributed by atoms with E-state index in [1.54, 1.807) is 39.2 Å². The molecule has 0 atom stereocenters. The van der Waals surface area contributed by atoms with E-state index in [1.165, 1.54) is 10.4 Å². The molecule has 1 heterocycles. The van der Waals surface area contributed by atoms with Gasteiger partial charge in [-0.1, -0.05) is 26.0 Å². The van der Waals surface area contributed by atoms with Crippen molar-refractivity contribution in [1.29, 1.82) is 0 Å². The Bertz CT molecular complexity index is 1010. The lowest BCUT2D eigenvalue weighted by Crippen LogP contribution is -2.31. The first-order valence-electron chi connectivity index (χ1n) is 10.6. The molecule has 2 aromatic carbocycles. The van der Waals surface area contributed by atoms with E-state index in [-0.39, 0.29) is 17.1 Å². The highest BCUT2D eigenvalue weighted by Gasteiger charge is 2.27. The molecule has 1 aliphatic heterocycles. The maximum absolute atomic E-state index is 13.0. The smallest absolute Gasteiger partial charge is 0.340 e. The summed E-state index contributed by atoms with van der Waals surface area (Å²) in [6.07, 6.45) is 2.08. The molecule has 3 rings (SSSR count). The summed E-state index contributed by atoms with van der Waals surface area (Å²) >= 11 is 0. The number of hydrogen-bond acceptors (Lipinski definition) is 6. The van der Waals surface area contributed by atoms with E-state index in [0.717, 1.165) is 31.5 Å². The lowest BCUT2D eigenvalue weighted by Gasteiger charge is -2.23. The Hall–Kier alpha value is -2.58. The van der Waals surface area contributed by atoms with Gasteiger partial charge in [-0.05, 0) is 48.7 Å². The van der Waals surface area contributed by atoms with Crippen LogP contribution in [0.15, 0.2) is 47.4 Å². The van der Waals surface area contributed by atoms with E-state index in [9.17, 15) is 13.2 Å². The minimum Gasteiger partial charge on any atom is -0.497 e. The van der Waals surface area contributed by atoms with Crippen molar-refractivity contribution in [2.45, 2.75) is 38.2 Å². The van der Waals surface area contributed by atoms with E-state index in [1.807, 2.05) is 18.2 Å². The maximum Gasteiger partial charge on any atom is 0.340 e. The van der Waals surface area contributed by atoms with Gasteiger partial charge in [-0.3, -0.25) is 0 Å². The predicted octanol–water partition coefficient (Wildman–Crippen LogP) is 3.68. The highest BCUT2D eigenvalue weighted by Crippen LogP contribution is 2.29. The molecule has 0 bridgehead atoms. The van der Waals surface area contributed by atoms with Crippen molar-refractivity contribution in [1.82, 2.24) is 4.31 Å². The Morgan fingerprint density at radius 3 is 2.42 bits per heavy atom. The minimum absolute atomic E-state index is 0.0719. The zero-order valence-electron chi connectivity index (χ0n) is 18.3. The molecule has 2 aromatic rings. The fourth-order valence-electron chi connectivity index (χ4n) is 3.77. The summed E-state index contributed by atoms with van der Waals surface area (Å²) in [6, 6.07) is 12.1. The molecule has 0 saturated carbocycles. The molecular weight excluding hydrogens is 416 g/mol. The number of carbonyl (C=O) groups is 1. The Morgan fingerprint density at radius 1 is 1.06 bits per heavy atom. The van der Waals surface area contributed by atoms with Crippen molar-refractivity contribution in [3.8, 4) is 5.75 Å². The highest BCUT2D eigenvalue weighted by atomic mass is 32.2.